The van der Waals surface area contributed by atoms with Crippen molar-refractivity contribution in [2.45, 2.75) is 58.0 Å². The Bertz CT molecular complexity index is 541. The average molecular weight is 400 g/mol. The molecular formula is C17H25F5O3Si. The van der Waals surface area contributed by atoms with Gasteiger partial charge in [0.05, 0.1) is 0 Å². The van der Waals surface area contributed by atoms with Crippen LogP contribution in [-0.2, 0) is 19.7 Å². The van der Waals surface area contributed by atoms with Crippen LogP contribution in [-0.4, -0.2) is 29.9 Å². The van der Waals surface area contributed by atoms with Crippen LogP contribution in [0.15, 0.2) is 0 Å². The molecule has 0 heterocycles. The lowest BCUT2D eigenvalue weighted by atomic mass is 10.0. The number of unbranched alkanes of at least 4 members (excludes halogenated alkanes) is 4. The Morgan fingerprint density at radius 1 is 0.731 bits per heavy atom. The molecule has 9 heteroatoms. The summed E-state index contributed by atoms with van der Waals surface area (Å²) in [4.78, 5) is 0. The van der Waals surface area contributed by atoms with Gasteiger partial charge in [0.15, 0.2) is 23.3 Å². The molecule has 0 aliphatic rings. The van der Waals surface area contributed by atoms with Crippen molar-refractivity contribution < 1.29 is 35.2 Å². The average Bonchev–Trinajstić information content (AvgIpc) is 2.64. The summed E-state index contributed by atoms with van der Waals surface area (Å²) in [6.07, 6.45) is 4.25. The van der Waals surface area contributed by atoms with E-state index in [0.29, 0.717) is 12.8 Å². The van der Waals surface area contributed by atoms with Crippen molar-refractivity contribution in [3.8, 4) is 0 Å². The minimum absolute atomic E-state index is 0.0138. The van der Waals surface area contributed by atoms with Gasteiger partial charge >= 0.3 is 9.53 Å². The first-order chi connectivity index (χ1) is 12.3. The standard InChI is InChI=1S/C17H25F5O3Si/c1-11(25-26(23-2)24-3)9-7-5-4-6-8-10-12-13(18)15(20)17(22)16(21)14(12)19/h11,26H,4-10H2,1-3H3. The molecule has 1 unspecified atom stereocenters. The molecule has 0 aliphatic carbocycles. The van der Waals surface area contributed by atoms with Crippen molar-refractivity contribution in [2.75, 3.05) is 14.2 Å². The predicted octanol–water partition coefficient (Wildman–Crippen LogP) is 4.68. The maximum Gasteiger partial charge on any atom is 0.483 e. The van der Waals surface area contributed by atoms with Gasteiger partial charge in [0.1, 0.15) is 0 Å². The van der Waals surface area contributed by atoms with Gasteiger partial charge in [0.2, 0.25) is 5.82 Å². The SMILES string of the molecule is CO[SiH](OC)OC(C)CCCCCCCc1c(F)c(F)c(F)c(F)c1F. The number of hydrogen-bond donors (Lipinski definition) is 0. The maximum absolute atomic E-state index is 13.5. The van der Waals surface area contributed by atoms with Gasteiger partial charge in [-0.15, -0.1) is 0 Å². The molecule has 0 spiro atoms. The van der Waals surface area contributed by atoms with Gasteiger partial charge in [-0.1, -0.05) is 25.7 Å². The van der Waals surface area contributed by atoms with E-state index in [-0.39, 0.29) is 12.5 Å². The van der Waals surface area contributed by atoms with E-state index in [4.69, 9.17) is 13.3 Å². The Labute approximate surface area is 152 Å². The topological polar surface area (TPSA) is 27.7 Å². The summed E-state index contributed by atoms with van der Waals surface area (Å²) in [7, 11) is 1.04. The van der Waals surface area contributed by atoms with Crippen molar-refractivity contribution in [1.82, 2.24) is 0 Å². The Kier molecular flexibility index (Phi) is 10.3. The Balaban J connectivity index is 2.28. The second-order valence-corrected chi connectivity index (χ2v) is 7.85. The van der Waals surface area contributed by atoms with Crippen molar-refractivity contribution in [3.05, 3.63) is 34.6 Å². The van der Waals surface area contributed by atoms with Crippen LogP contribution in [0.25, 0.3) is 0 Å². The highest BCUT2D eigenvalue weighted by atomic mass is 28.3. The highest BCUT2D eigenvalue weighted by molar-refractivity contribution is 6.36. The van der Waals surface area contributed by atoms with Crippen molar-refractivity contribution in [3.63, 3.8) is 0 Å². The van der Waals surface area contributed by atoms with Crippen LogP contribution in [0.4, 0.5) is 22.0 Å². The molecular weight excluding hydrogens is 375 g/mol. The van der Waals surface area contributed by atoms with Crippen LogP contribution in [0.1, 0.15) is 51.0 Å². The van der Waals surface area contributed by atoms with E-state index in [1.807, 2.05) is 6.92 Å². The molecule has 0 N–H and O–H groups in total. The molecule has 0 bridgehead atoms. The van der Waals surface area contributed by atoms with Gasteiger partial charge in [-0.05, 0) is 26.2 Å². The highest BCUT2D eigenvalue weighted by Gasteiger charge is 2.25. The van der Waals surface area contributed by atoms with E-state index in [1.165, 1.54) is 14.2 Å². The van der Waals surface area contributed by atoms with Crippen LogP contribution in [0.3, 0.4) is 0 Å². The van der Waals surface area contributed by atoms with Gasteiger partial charge < -0.3 is 13.3 Å². The molecule has 0 aliphatic heterocycles. The van der Waals surface area contributed by atoms with E-state index >= 15 is 0 Å². The smallest absolute Gasteiger partial charge is 0.379 e. The number of hydrogen-bond acceptors (Lipinski definition) is 3. The summed E-state index contributed by atoms with van der Waals surface area (Å²) in [5.74, 6) is -9.36. The van der Waals surface area contributed by atoms with E-state index in [0.717, 1.165) is 25.7 Å². The molecule has 26 heavy (non-hydrogen) atoms. The summed E-state index contributed by atoms with van der Waals surface area (Å²) in [6.45, 7) is 1.93. The van der Waals surface area contributed by atoms with Crippen molar-refractivity contribution in [1.29, 1.82) is 0 Å². The third-order valence-electron chi connectivity index (χ3n) is 4.07. The second-order valence-electron chi connectivity index (χ2n) is 6.06. The van der Waals surface area contributed by atoms with Gasteiger partial charge in [-0.25, -0.2) is 22.0 Å². The third kappa shape index (κ3) is 6.60. The van der Waals surface area contributed by atoms with Crippen LogP contribution in [0, 0.1) is 29.1 Å². The largest absolute Gasteiger partial charge is 0.483 e. The fourth-order valence-corrected chi connectivity index (χ4v) is 3.53. The number of halogens is 5. The summed E-state index contributed by atoms with van der Waals surface area (Å²) < 4.78 is 82.0. The lowest BCUT2D eigenvalue weighted by Crippen LogP contribution is -2.28. The molecule has 0 saturated heterocycles. The summed E-state index contributed by atoms with van der Waals surface area (Å²) in [5.41, 5.74) is -0.737. The molecule has 1 aromatic carbocycles. The van der Waals surface area contributed by atoms with E-state index in [2.05, 4.69) is 0 Å². The molecule has 0 aromatic heterocycles. The van der Waals surface area contributed by atoms with Crippen LogP contribution in [0.2, 0.25) is 0 Å². The minimum Gasteiger partial charge on any atom is -0.379 e. The summed E-state index contributed by atoms with van der Waals surface area (Å²) in [5, 5.41) is 0. The zero-order chi connectivity index (χ0) is 19.7. The fourth-order valence-electron chi connectivity index (χ4n) is 2.60. The fraction of sp³-hybridized carbons (Fsp3) is 0.647. The monoisotopic (exact) mass is 400 g/mol. The van der Waals surface area contributed by atoms with E-state index < -0.39 is 44.2 Å². The second kappa shape index (κ2) is 11.6. The molecule has 1 rings (SSSR count). The minimum atomic E-state index is -2.12. The van der Waals surface area contributed by atoms with E-state index in [9.17, 15) is 22.0 Å². The van der Waals surface area contributed by atoms with Crippen molar-refractivity contribution >= 4 is 9.53 Å². The summed E-state index contributed by atoms with van der Waals surface area (Å²) in [6, 6.07) is 0. The van der Waals surface area contributed by atoms with Gasteiger partial charge in [-0.2, -0.15) is 0 Å². The van der Waals surface area contributed by atoms with Gasteiger partial charge in [0.25, 0.3) is 0 Å². The predicted molar refractivity (Wildman–Crippen MR) is 89.4 cm³/mol. The lowest BCUT2D eigenvalue weighted by Gasteiger charge is -2.17. The van der Waals surface area contributed by atoms with Gasteiger partial charge in [-0.3, -0.25) is 0 Å². The van der Waals surface area contributed by atoms with Gasteiger partial charge in [0, 0.05) is 25.9 Å². The molecule has 0 saturated carbocycles. The normalized spacial score (nSPS) is 12.8. The summed E-state index contributed by atoms with van der Waals surface area (Å²) >= 11 is 0. The molecule has 3 nitrogen and oxygen atoms in total. The zero-order valence-electron chi connectivity index (χ0n) is 15.2. The Morgan fingerprint density at radius 3 is 1.73 bits per heavy atom. The van der Waals surface area contributed by atoms with Crippen LogP contribution >= 0.6 is 0 Å². The van der Waals surface area contributed by atoms with Crippen LogP contribution in [0.5, 0.6) is 0 Å². The molecule has 0 fully saturated rings. The van der Waals surface area contributed by atoms with E-state index in [1.54, 1.807) is 0 Å². The van der Waals surface area contributed by atoms with Crippen molar-refractivity contribution in [2.24, 2.45) is 0 Å². The molecule has 0 amide bonds. The first-order valence-corrected chi connectivity index (χ1v) is 9.96. The molecule has 150 valence electrons. The first kappa shape index (κ1) is 23.0. The lowest BCUT2D eigenvalue weighted by molar-refractivity contribution is 0.0892. The number of benzene rings is 1. The highest BCUT2D eigenvalue weighted by Crippen LogP contribution is 2.24. The Morgan fingerprint density at radius 2 is 1.19 bits per heavy atom. The quantitative estimate of drug-likeness (QED) is 0.168. The molecule has 1 aromatic rings. The third-order valence-corrected chi connectivity index (χ3v) is 5.52. The zero-order valence-corrected chi connectivity index (χ0v) is 16.4. The van der Waals surface area contributed by atoms with Crippen LogP contribution < -0.4 is 0 Å². The Hall–Kier alpha value is -1.03. The number of rotatable bonds is 12. The maximum atomic E-state index is 13.5. The molecule has 1 atom stereocenters. The first-order valence-electron chi connectivity index (χ1n) is 8.54. The molecule has 0 radical (unpaired) electrons.